The Balaban J connectivity index is 1.73. The number of aliphatic carboxylic acids is 3. The van der Waals surface area contributed by atoms with E-state index in [2.05, 4.69) is 6.58 Å². The van der Waals surface area contributed by atoms with Crippen LogP contribution >= 0.6 is 0 Å². The van der Waals surface area contributed by atoms with E-state index in [9.17, 15) is 49.5 Å². The number of fused-ring (bicyclic) bond motifs is 2. The van der Waals surface area contributed by atoms with Gasteiger partial charge in [0.05, 0.1) is 5.56 Å². The van der Waals surface area contributed by atoms with Gasteiger partial charge in [-0.05, 0) is 36.1 Å². The Labute approximate surface area is 262 Å². The number of carbonyl (C=O) groups excluding carboxylic acids is 2. The molecule has 2 bridgehead atoms. The van der Waals surface area contributed by atoms with E-state index in [1.165, 1.54) is 31.2 Å². The number of carboxylic acids is 3. The van der Waals surface area contributed by atoms with Gasteiger partial charge in [0.2, 0.25) is 23.1 Å². The van der Waals surface area contributed by atoms with Crippen LogP contribution in [0.4, 0.5) is 0 Å². The third-order valence-corrected chi connectivity index (χ3v) is 8.25. The first-order valence-electron chi connectivity index (χ1n) is 14.2. The number of benzene rings is 2. The third kappa shape index (κ3) is 5.87. The van der Waals surface area contributed by atoms with Gasteiger partial charge in [-0.2, -0.15) is 0 Å². The van der Waals surface area contributed by atoms with Gasteiger partial charge in [0.25, 0.3) is 0 Å². The molecule has 0 spiro atoms. The molecule has 2 fully saturated rings. The molecule has 4 rings (SSSR count). The van der Waals surface area contributed by atoms with Crippen molar-refractivity contribution in [2.45, 2.75) is 74.5 Å². The molecule has 0 aliphatic carbocycles. The number of aliphatic hydroxyl groups excluding tert-OH is 1. The number of hydrogen-bond acceptors (Lipinski definition) is 11. The Morgan fingerprint density at radius 3 is 2.07 bits per heavy atom. The van der Waals surface area contributed by atoms with Gasteiger partial charge in [-0.3, -0.25) is 4.79 Å². The predicted molar refractivity (Wildman–Crippen MR) is 154 cm³/mol. The fourth-order valence-electron chi connectivity index (χ4n) is 6.05. The van der Waals surface area contributed by atoms with Crippen LogP contribution in [0.2, 0.25) is 0 Å². The number of esters is 2. The molecule has 14 heteroatoms. The zero-order valence-corrected chi connectivity index (χ0v) is 24.9. The van der Waals surface area contributed by atoms with Crippen LogP contribution in [0.5, 0.6) is 0 Å². The van der Waals surface area contributed by atoms with Gasteiger partial charge in [0.15, 0.2) is 6.10 Å². The molecular weight excluding hydrogens is 608 g/mol. The van der Waals surface area contributed by atoms with Gasteiger partial charge < -0.3 is 44.5 Å². The summed E-state index contributed by atoms with van der Waals surface area (Å²) in [6.45, 7) is 6.99. The molecule has 2 aliphatic rings. The average Bonchev–Trinajstić information content (AvgIpc) is 3.23. The Bertz CT molecular complexity index is 1510. The minimum absolute atomic E-state index is 0.134. The fourth-order valence-corrected chi connectivity index (χ4v) is 6.05. The second-order valence-corrected chi connectivity index (χ2v) is 11.4. The van der Waals surface area contributed by atoms with E-state index in [-0.39, 0.29) is 23.5 Å². The standard InChI is InChI=1S/C32H34O14/c1-17(22(43-19(3)33)18(2)16-20-10-6-4-7-11-20)14-15-30-23(34)24(44-27(37)21-12-8-5-9-13-21)32(46-30,29(40)41)31(42,28(38)39)25(45-30)26(35)36/h4-13,18,22-25,34,42H,1,14-16H2,2-3H3,(H,35,36)(H,38,39)(H,40,41)/t18-,22-,23-,24-,25-,30+,31-,32+/m1/s1. The second kappa shape index (κ2) is 13.0. The maximum atomic E-state index is 13.1. The predicted octanol–water partition coefficient (Wildman–Crippen LogP) is 1.57. The first-order chi connectivity index (χ1) is 21.6. The number of aliphatic hydroxyl groups is 2. The van der Waals surface area contributed by atoms with E-state index >= 15 is 0 Å². The van der Waals surface area contributed by atoms with Crippen molar-refractivity contribution in [3.63, 3.8) is 0 Å². The van der Waals surface area contributed by atoms with Gasteiger partial charge in [-0.25, -0.2) is 19.2 Å². The van der Waals surface area contributed by atoms with Crippen LogP contribution in [-0.4, -0.2) is 96.8 Å². The van der Waals surface area contributed by atoms with Gasteiger partial charge in [-0.15, -0.1) is 0 Å². The number of carbonyl (C=O) groups is 5. The van der Waals surface area contributed by atoms with Crippen LogP contribution in [0, 0.1) is 5.92 Å². The van der Waals surface area contributed by atoms with Crippen molar-refractivity contribution in [2.24, 2.45) is 5.92 Å². The van der Waals surface area contributed by atoms with Crippen molar-refractivity contribution < 1.29 is 68.5 Å². The lowest BCUT2D eigenvalue weighted by molar-refractivity contribution is -0.373. The van der Waals surface area contributed by atoms with Crippen molar-refractivity contribution in [3.05, 3.63) is 83.9 Å². The summed E-state index contributed by atoms with van der Waals surface area (Å²) < 4.78 is 22.0. The highest BCUT2D eigenvalue weighted by atomic mass is 16.8. The van der Waals surface area contributed by atoms with E-state index in [1.54, 1.807) is 13.0 Å². The molecule has 0 aromatic heterocycles. The first-order valence-corrected chi connectivity index (χ1v) is 14.2. The minimum atomic E-state index is -3.91. The quantitative estimate of drug-likeness (QED) is 0.155. The van der Waals surface area contributed by atoms with Gasteiger partial charge in [-0.1, -0.05) is 62.0 Å². The van der Waals surface area contributed by atoms with Gasteiger partial charge in [0.1, 0.15) is 12.2 Å². The number of ether oxygens (including phenoxy) is 4. The van der Waals surface area contributed by atoms with E-state index in [0.717, 1.165) is 5.56 Å². The van der Waals surface area contributed by atoms with E-state index in [4.69, 9.17) is 18.9 Å². The van der Waals surface area contributed by atoms with Crippen molar-refractivity contribution in [3.8, 4) is 0 Å². The largest absolute Gasteiger partial charge is 0.479 e. The molecule has 5 N–H and O–H groups in total. The minimum Gasteiger partial charge on any atom is -0.479 e. The molecule has 246 valence electrons. The van der Waals surface area contributed by atoms with Crippen molar-refractivity contribution in [1.82, 2.24) is 0 Å². The number of rotatable bonds is 13. The topological polar surface area (TPSA) is 223 Å². The summed E-state index contributed by atoms with van der Waals surface area (Å²) in [5.74, 6) is -11.6. The number of hydrogen-bond donors (Lipinski definition) is 5. The summed E-state index contributed by atoms with van der Waals surface area (Å²) in [6.07, 6.45) is -8.95. The second-order valence-electron chi connectivity index (χ2n) is 11.4. The average molecular weight is 643 g/mol. The lowest BCUT2D eigenvalue weighted by Crippen LogP contribution is -2.78. The van der Waals surface area contributed by atoms with Crippen LogP contribution < -0.4 is 0 Å². The Kier molecular flexibility index (Phi) is 9.68. The molecular formula is C32H34O14. The van der Waals surface area contributed by atoms with Crippen LogP contribution in [0.15, 0.2) is 72.8 Å². The van der Waals surface area contributed by atoms with E-state index in [0.29, 0.717) is 6.42 Å². The lowest BCUT2D eigenvalue weighted by atomic mass is 9.74. The molecule has 2 aliphatic heterocycles. The summed E-state index contributed by atoms with van der Waals surface area (Å²) in [7, 11) is 0. The zero-order chi connectivity index (χ0) is 34.0. The highest BCUT2D eigenvalue weighted by Gasteiger charge is 2.85. The van der Waals surface area contributed by atoms with Gasteiger partial charge >= 0.3 is 29.8 Å². The van der Waals surface area contributed by atoms with Crippen LogP contribution in [0.25, 0.3) is 0 Å². The smallest absolute Gasteiger partial charge is 0.344 e. The Morgan fingerprint density at radius 1 is 0.957 bits per heavy atom. The molecule has 0 saturated carbocycles. The summed E-state index contributed by atoms with van der Waals surface area (Å²) in [6, 6.07) is 16.3. The normalized spacial score (nSPS) is 29.6. The third-order valence-electron chi connectivity index (χ3n) is 8.25. The summed E-state index contributed by atoms with van der Waals surface area (Å²) in [5.41, 5.74) is -6.44. The van der Waals surface area contributed by atoms with Crippen molar-refractivity contribution in [1.29, 1.82) is 0 Å². The zero-order valence-electron chi connectivity index (χ0n) is 24.9. The molecule has 2 aromatic carbocycles. The molecule has 0 unspecified atom stereocenters. The maximum Gasteiger partial charge on any atom is 0.344 e. The molecule has 0 radical (unpaired) electrons. The Hall–Kier alpha value is -4.63. The fraction of sp³-hybridized carbons (Fsp3) is 0.406. The first kappa shape index (κ1) is 34.2. The van der Waals surface area contributed by atoms with Crippen molar-refractivity contribution in [2.75, 3.05) is 0 Å². The van der Waals surface area contributed by atoms with E-state index < -0.39 is 77.7 Å². The lowest BCUT2D eigenvalue weighted by Gasteiger charge is -2.48. The highest BCUT2D eigenvalue weighted by molar-refractivity contribution is 5.98. The molecule has 8 atom stereocenters. The van der Waals surface area contributed by atoms with Crippen LogP contribution in [-0.2, 0) is 44.5 Å². The van der Waals surface area contributed by atoms with E-state index in [1.807, 2.05) is 30.3 Å². The monoisotopic (exact) mass is 642 g/mol. The molecule has 2 aromatic rings. The molecule has 46 heavy (non-hydrogen) atoms. The molecule has 14 nitrogen and oxygen atoms in total. The SMILES string of the molecule is C=C(CC[C@]12O[C@H](C(=O)O)[C@@](O)(C(=O)O)[C@](C(=O)O)(O1)[C@H](OC(=O)c1ccccc1)[C@H]2O)[C@@H](OC(C)=O)[C@H](C)Cc1ccccc1. The summed E-state index contributed by atoms with van der Waals surface area (Å²) >= 11 is 0. The Morgan fingerprint density at radius 2 is 1.54 bits per heavy atom. The van der Waals surface area contributed by atoms with Crippen molar-refractivity contribution >= 4 is 29.8 Å². The molecule has 2 heterocycles. The van der Waals surface area contributed by atoms with Crippen LogP contribution in [0.3, 0.4) is 0 Å². The molecule has 2 saturated heterocycles. The van der Waals surface area contributed by atoms with Crippen LogP contribution in [0.1, 0.15) is 42.6 Å². The summed E-state index contributed by atoms with van der Waals surface area (Å²) in [4.78, 5) is 62.8. The highest BCUT2D eigenvalue weighted by Crippen LogP contribution is 2.56. The number of carboxylic acid groups (broad SMARTS) is 3. The maximum absolute atomic E-state index is 13.1. The molecule has 0 amide bonds. The summed E-state index contributed by atoms with van der Waals surface area (Å²) in [5, 5.41) is 53.3. The van der Waals surface area contributed by atoms with Gasteiger partial charge in [0, 0.05) is 19.3 Å².